The van der Waals surface area contributed by atoms with E-state index >= 15 is 0 Å². The van der Waals surface area contributed by atoms with E-state index in [1.807, 2.05) is 30.3 Å². The maximum Gasteiger partial charge on any atom is 0.408 e. The zero-order chi connectivity index (χ0) is 24.2. The van der Waals surface area contributed by atoms with Crippen LogP contribution in [-0.4, -0.2) is 51.9 Å². The summed E-state index contributed by atoms with van der Waals surface area (Å²) < 4.78 is 10.3. The number of carboxylic acids is 1. The molecule has 1 atom stereocenters. The molecule has 0 aliphatic rings. The Morgan fingerprint density at radius 2 is 1.88 bits per heavy atom. The average molecular weight is 465 g/mol. The highest BCUT2D eigenvalue weighted by atomic mass is 16.5. The van der Waals surface area contributed by atoms with Crippen molar-refractivity contribution in [1.29, 1.82) is 0 Å². The van der Waals surface area contributed by atoms with E-state index in [4.69, 9.17) is 14.6 Å². The van der Waals surface area contributed by atoms with Gasteiger partial charge in [-0.15, -0.1) is 0 Å². The first kappa shape index (κ1) is 24.0. The van der Waals surface area contributed by atoms with E-state index in [1.54, 1.807) is 30.5 Å². The number of H-pyrrole nitrogens is 1. The number of carboxylic acid groups (broad SMARTS) is 1. The van der Waals surface area contributed by atoms with Crippen molar-refractivity contribution in [3.8, 4) is 5.75 Å². The number of aromatic nitrogens is 2. The zero-order valence-corrected chi connectivity index (χ0v) is 18.0. The van der Waals surface area contributed by atoms with Crippen LogP contribution in [-0.2, 0) is 27.4 Å². The van der Waals surface area contributed by atoms with Gasteiger partial charge in [-0.25, -0.2) is 20.0 Å². The second-order valence-electron chi connectivity index (χ2n) is 7.03. The summed E-state index contributed by atoms with van der Waals surface area (Å²) in [5, 5.41) is 15.1. The molecule has 0 spiro atoms. The summed E-state index contributed by atoms with van der Waals surface area (Å²) in [6.45, 7) is -0.378. The highest BCUT2D eigenvalue weighted by Gasteiger charge is 2.22. The number of aliphatic carboxylic acids is 1. The minimum absolute atomic E-state index is 0.0649. The van der Waals surface area contributed by atoms with Gasteiger partial charge in [0.2, 0.25) is 0 Å². The number of rotatable bonds is 11. The Labute approximate surface area is 194 Å². The number of hydrogen-bond donors (Lipinski definition) is 4. The number of amides is 2. The molecule has 0 bridgehead atoms. The fourth-order valence-electron chi connectivity index (χ4n) is 2.78. The lowest BCUT2D eigenvalue weighted by atomic mass is 10.1. The monoisotopic (exact) mass is 465 g/mol. The molecule has 0 aliphatic heterocycles. The number of nitrogens with zero attached hydrogens (tertiary/aromatic N) is 2. The first-order chi connectivity index (χ1) is 16.5. The highest BCUT2D eigenvalue weighted by Crippen LogP contribution is 2.11. The Kier molecular flexibility index (Phi) is 8.74. The van der Waals surface area contributed by atoms with Crippen LogP contribution in [0.25, 0.3) is 0 Å². The molecule has 176 valence electrons. The van der Waals surface area contributed by atoms with Crippen molar-refractivity contribution in [3.05, 3.63) is 83.9 Å². The minimum Gasteiger partial charge on any atom is -0.482 e. The fourth-order valence-corrected chi connectivity index (χ4v) is 2.78. The van der Waals surface area contributed by atoms with Crippen molar-refractivity contribution in [2.75, 3.05) is 6.61 Å². The molecule has 11 nitrogen and oxygen atoms in total. The molecule has 4 N–H and O–H groups in total. The maximum absolute atomic E-state index is 12.7. The van der Waals surface area contributed by atoms with Gasteiger partial charge in [-0.3, -0.25) is 4.79 Å². The number of benzene rings is 2. The molecule has 0 saturated carbocycles. The van der Waals surface area contributed by atoms with Crippen molar-refractivity contribution >= 4 is 24.2 Å². The number of alkyl carbamates (subject to hydrolysis) is 1. The van der Waals surface area contributed by atoms with Crippen molar-refractivity contribution in [2.24, 2.45) is 5.10 Å². The molecule has 0 unspecified atom stereocenters. The Morgan fingerprint density at radius 3 is 2.56 bits per heavy atom. The molecule has 11 heteroatoms. The molecule has 1 aromatic heterocycles. The molecule has 3 rings (SSSR count). The second kappa shape index (κ2) is 12.4. The summed E-state index contributed by atoms with van der Waals surface area (Å²) in [7, 11) is 0. The van der Waals surface area contributed by atoms with Crippen LogP contribution in [0.15, 0.2) is 72.2 Å². The number of aromatic amines is 1. The van der Waals surface area contributed by atoms with Crippen molar-refractivity contribution in [3.63, 3.8) is 0 Å². The van der Waals surface area contributed by atoms with Crippen LogP contribution in [0.5, 0.6) is 5.75 Å². The van der Waals surface area contributed by atoms with Crippen molar-refractivity contribution in [1.82, 2.24) is 20.7 Å². The van der Waals surface area contributed by atoms with Gasteiger partial charge < -0.3 is 24.9 Å². The highest BCUT2D eigenvalue weighted by molar-refractivity contribution is 5.87. The molecule has 0 aliphatic carbocycles. The third-order valence-corrected chi connectivity index (χ3v) is 4.43. The summed E-state index contributed by atoms with van der Waals surface area (Å²) in [6.07, 6.45) is 3.83. The molecule has 2 aromatic carbocycles. The topological polar surface area (TPSA) is 155 Å². The van der Waals surface area contributed by atoms with Crippen LogP contribution in [0.4, 0.5) is 4.79 Å². The number of ether oxygens (including phenoxy) is 2. The van der Waals surface area contributed by atoms with E-state index in [0.29, 0.717) is 17.0 Å². The molecule has 3 aromatic rings. The van der Waals surface area contributed by atoms with Crippen LogP contribution in [0, 0.1) is 0 Å². The molecule has 0 radical (unpaired) electrons. The molecule has 2 amide bonds. The summed E-state index contributed by atoms with van der Waals surface area (Å²) in [5.74, 6) is -1.24. The minimum atomic E-state index is -1.07. The Hall–Kier alpha value is -4.67. The SMILES string of the molecule is O=C(O)COc1ccc(/C=N\NC(=O)[C@H](Cc2cnc[nH]2)NC(=O)OCc2ccccc2)cc1. The number of hydrogen-bond acceptors (Lipinski definition) is 7. The summed E-state index contributed by atoms with van der Waals surface area (Å²) >= 11 is 0. The van der Waals surface area contributed by atoms with E-state index in [9.17, 15) is 14.4 Å². The lowest BCUT2D eigenvalue weighted by Gasteiger charge is -2.16. The predicted octanol–water partition coefficient (Wildman–Crippen LogP) is 1.86. The van der Waals surface area contributed by atoms with Gasteiger partial charge in [-0.1, -0.05) is 30.3 Å². The lowest BCUT2D eigenvalue weighted by Crippen LogP contribution is -2.47. The van der Waals surface area contributed by atoms with Crippen LogP contribution < -0.4 is 15.5 Å². The number of nitrogens with one attached hydrogen (secondary N) is 3. The van der Waals surface area contributed by atoms with Gasteiger partial charge in [0, 0.05) is 18.3 Å². The van der Waals surface area contributed by atoms with Gasteiger partial charge in [-0.2, -0.15) is 5.10 Å². The zero-order valence-electron chi connectivity index (χ0n) is 18.0. The molecular weight excluding hydrogens is 442 g/mol. The van der Waals surface area contributed by atoms with Gasteiger partial charge in [0.05, 0.1) is 12.5 Å². The quantitative estimate of drug-likeness (QED) is 0.249. The first-order valence-corrected chi connectivity index (χ1v) is 10.2. The standard InChI is InChI=1S/C23H23N5O6/c29-21(30)14-33-19-8-6-16(7-9-19)11-26-28-22(31)20(10-18-12-24-15-25-18)27-23(32)34-13-17-4-2-1-3-5-17/h1-9,11-12,15,20H,10,13-14H2,(H,24,25)(H,27,32)(H,28,31)(H,29,30)/b26-11-/t20-/m0/s1. The van der Waals surface area contributed by atoms with Crippen LogP contribution in [0.3, 0.4) is 0 Å². The molecule has 0 saturated heterocycles. The second-order valence-corrected chi connectivity index (χ2v) is 7.03. The van der Waals surface area contributed by atoms with E-state index < -0.39 is 30.6 Å². The van der Waals surface area contributed by atoms with Crippen LogP contribution in [0.2, 0.25) is 0 Å². The maximum atomic E-state index is 12.7. The Balaban J connectivity index is 1.55. The molecule has 1 heterocycles. The van der Waals surface area contributed by atoms with Gasteiger partial charge in [0.15, 0.2) is 6.61 Å². The Morgan fingerprint density at radius 1 is 1.12 bits per heavy atom. The fraction of sp³-hybridized carbons (Fsp3) is 0.174. The van der Waals surface area contributed by atoms with Gasteiger partial charge in [0.25, 0.3) is 5.91 Å². The third kappa shape index (κ3) is 8.11. The number of imidazole rings is 1. The van der Waals surface area contributed by atoms with E-state index in [0.717, 1.165) is 5.56 Å². The smallest absolute Gasteiger partial charge is 0.408 e. The van der Waals surface area contributed by atoms with Gasteiger partial charge >= 0.3 is 12.1 Å². The van der Waals surface area contributed by atoms with E-state index in [1.165, 1.54) is 12.5 Å². The normalized spacial score (nSPS) is 11.5. The molecule has 0 fully saturated rings. The van der Waals surface area contributed by atoms with Crippen LogP contribution >= 0.6 is 0 Å². The largest absolute Gasteiger partial charge is 0.482 e. The summed E-state index contributed by atoms with van der Waals surface area (Å²) in [6, 6.07) is 14.7. The summed E-state index contributed by atoms with van der Waals surface area (Å²) in [5.41, 5.74) is 4.50. The third-order valence-electron chi connectivity index (χ3n) is 4.43. The number of carbonyl (C=O) groups excluding carboxylic acids is 2. The van der Waals surface area contributed by atoms with Gasteiger partial charge in [-0.05, 0) is 35.4 Å². The first-order valence-electron chi connectivity index (χ1n) is 10.2. The van der Waals surface area contributed by atoms with Gasteiger partial charge in [0.1, 0.15) is 18.4 Å². The summed E-state index contributed by atoms with van der Waals surface area (Å²) in [4.78, 5) is 42.3. The van der Waals surface area contributed by atoms with Crippen molar-refractivity contribution in [2.45, 2.75) is 19.1 Å². The van der Waals surface area contributed by atoms with Crippen molar-refractivity contribution < 1.29 is 29.0 Å². The number of carbonyl (C=O) groups is 3. The lowest BCUT2D eigenvalue weighted by molar-refractivity contribution is -0.139. The average Bonchev–Trinajstić information content (AvgIpc) is 3.35. The Bertz CT molecular complexity index is 1100. The predicted molar refractivity (Wildman–Crippen MR) is 121 cm³/mol. The molecular formula is C23H23N5O6. The van der Waals surface area contributed by atoms with Crippen LogP contribution in [0.1, 0.15) is 16.8 Å². The van der Waals surface area contributed by atoms with E-state index in [2.05, 4.69) is 25.8 Å². The van der Waals surface area contributed by atoms with E-state index in [-0.39, 0.29) is 13.0 Å². The molecule has 34 heavy (non-hydrogen) atoms. The number of hydrazone groups is 1.